The Balaban J connectivity index is 0.999. The number of nitrogens with zero attached hydrogens (tertiary/aromatic N) is 4. The maximum absolute atomic E-state index is 5.18. The molecule has 2 unspecified atom stereocenters. The third kappa shape index (κ3) is 5.69. The van der Waals surface area contributed by atoms with Crippen molar-refractivity contribution in [3.05, 3.63) is 199 Å². The first kappa shape index (κ1) is 34.3. The summed E-state index contributed by atoms with van der Waals surface area (Å²) in [6.45, 7) is 4.57. The molecule has 0 radical (unpaired) electrons. The molecule has 1 aliphatic rings. The van der Waals surface area contributed by atoms with Gasteiger partial charge in [-0.15, -0.1) is 11.3 Å². The van der Waals surface area contributed by atoms with E-state index in [0.717, 1.165) is 22.4 Å². The molecule has 0 saturated heterocycles. The number of aryl methyl sites for hydroxylation is 1. The fraction of sp³-hybridized carbons (Fsp3) is 0.0755. The van der Waals surface area contributed by atoms with Gasteiger partial charge in [0.25, 0.3) is 0 Å². The van der Waals surface area contributed by atoms with Crippen molar-refractivity contribution in [1.82, 2.24) is 19.5 Å². The van der Waals surface area contributed by atoms with E-state index >= 15 is 0 Å². The van der Waals surface area contributed by atoms with Crippen LogP contribution >= 0.6 is 11.3 Å². The lowest BCUT2D eigenvalue weighted by Gasteiger charge is -2.28. The minimum Gasteiger partial charge on any atom is -0.309 e. The second-order valence-corrected chi connectivity index (χ2v) is 16.3. The number of hydrogen-bond acceptors (Lipinski definition) is 4. The fourth-order valence-electron chi connectivity index (χ4n) is 8.96. The van der Waals surface area contributed by atoms with E-state index in [4.69, 9.17) is 15.0 Å². The molecule has 4 nitrogen and oxygen atoms in total. The minimum atomic E-state index is 0.280. The third-order valence-corrected chi connectivity index (χ3v) is 13.0. The maximum atomic E-state index is 5.18. The number of allylic oxidation sites excluding steroid dienone is 4. The Hall–Kier alpha value is -6.95. The molecule has 5 heteroatoms. The van der Waals surface area contributed by atoms with Crippen LogP contribution in [-0.2, 0) is 0 Å². The van der Waals surface area contributed by atoms with Gasteiger partial charge in [0, 0.05) is 59.2 Å². The molecule has 2 atom stereocenters. The summed E-state index contributed by atoms with van der Waals surface area (Å²) in [5.41, 5.74) is 11.7. The van der Waals surface area contributed by atoms with Crippen molar-refractivity contribution in [2.24, 2.45) is 5.92 Å². The van der Waals surface area contributed by atoms with Gasteiger partial charge in [0.1, 0.15) is 0 Å². The lowest BCUT2D eigenvalue weighted by atomic mass is 9.76. The summed E-state index contributed by atoms with van der Waals surface area (Å²) in [5, 5.41) is 4.91. The number of hydrogen-bond donors (Lipinski definition) is 0. The monoisotopic (exact) mass is 762 g/mol. The SMILES string of the molecule is Cc1ccccc1C1=CC=CC(c2ccc3c(c2)c2ccccc2n3-c2ccc(-c3nc(-c4ccccc4)nc(-c4cccc5sc6ccccc6c45)n3)cc2)C1C. The maximum Gasteiger partial charge on any atom is 0.164 e. The quantitative estimate of drug-likeness (QED) is 0.169. The molecule has 3 heterocycles. The Morgan fingerprint density at radius 3 is 2.02 bits per heavy atom. The third-order valence-electron chi connectivity index (χ3n) is 11.9. The van der Waals surface area contributed by atoms with Crippen molar-refractivity contribution in [2.75, 3.05) is 0 Å². The second-order valence-electron chi connectivity index (χ2n) is 15.3. The minimum absolute atomic E-state index is 0.280. The largest absolute Gasteiger partial charge is 0.309 e. The highest BCUT2D eigenvalue weighted by Gasteiger charge is 2.26. The van der Waals surface area contributed by atoms with Crippen LogP contribution < -0.4 is 0 Å². The van der Waals surface area contributed by atoms with Gasteiger partial charge in [-0.25, -0.2) is 15.0 Å². The summed E-state index contributed by atoms with van der Waals surface area (Å²) in [4.78, 5) is 15.4. The highest BCUT2D eigenvalue weighted by atomic mass is 32.1. The van der Waals surface area contributed by atoms with Gasteiger partial charge < -0.3 is 4.57 Å². The smallest absolute Gasteiger partial charge is 0.164 e. The first-order chi connectivity index (χ1) is 28.6. The summed E-state index contributed by atoms with van der Waals surface area (Å²) < 4.78 is 4.86. The van der Waals surface area contributed by atoms with Crippen molar-refractivity contribution >= 4 is 58.9 Å². The molecule has 0 bridgehead atoms. The Bertz CT molecular complexity index is 3260. The van der Waals surface area contributed by atoms with Gasteiger partial charge >= 0.3 is 0 Å². The standard InChI is InChI=1S/C53H38N4S/c1-33-14-6-7-17-39(33)41-21-12-20-40(34(41)2)37-28-31-47-45(32-37)42-18-8-10-23-46(42)57(47)38-29-26-36(27-30-38)52-54-51(35-15-4-3-5-16-35)55-53(56-52)44-22-13-25-49-50(44)43-19-9-11-24-48(43)58-49/h3-32,34,40H,1-2H3. The molecule has 0 amide bonds. The van der Waals surface area contributed by atoms with Gasteiger partial charge in [-0.3, -0.25) is 0 Å². The van der Waals surface area contributed by atoms with Crippen LogP contribution in [0.4, 0.5) is 0 Å². The van der Waals surface area contributed by atoms with Crippen LogP contribution in [0.25, 0.3) is 87.4 Å². The van der Waals surface area contributed by atoms with Gasteiger partial charge in [0.15, 0.2) is 17.5 Å². The van der Waals surface area contributed by atoms with Gasteiger partial charge in [-0.05, 0) is 89.7 Å². The molecule has 7 aromatic carbocycles. The molecule has 0 N–H and O–H groups in total. The van der Waals surface area contributed by atoms with Gasteiger partial charge in [0.05, 0.1) is 11.0 Å². The highest BCUT2D eigenvalue weighted by Crippen LogP contribution is 2.43. The van der Waals surface area contributed by atoms with Crippen molar-refractivity contribution in [2.45, 2.75) is 19.8 Å². The Morgan fingerprint density at radius 1 is 0.534 bits per heavy atom. The summed E-state index contributed by atoms with van der Waals surface area (Å²) in [5.74, 6) is 2.60. The van der Waals surface area contributed by atoms with E-state index in [0.29, 0.717) is 23.4 Å². The topological polar surface area (TPSA) is 43.6 Å². The molecule has 0 saturated carbocycles. The molecule has 58 heavy (non-hydrogen) atoms. The van der Waals surface area contributed by atoms with Gasteiger partial charge in [-0.2, -0.15) is 0 Å². The van der Waals surface area contributed by atoms with Crippen molar-refractivity contribution in [3.63, 3.8) is 0 Å². The zero-order valence-electron chi connectivity index (χ0n) is 32.2. The molecule has 0 aliphatic heterocycles. The molecular weight excluding hydrogens is 725 g/mol. The van der Waals surface area contributed by atoms with Crippen LogP contribution in [0.15, 0.2) is 182 Å². The summed E-state index contributed by atoms with van der Waals surface area (Å²) >= 11 is 1.80. The average molecular weight is 763 g/mol. The molecule has 0 spiro atoms. The number of thiophene rings is 1. The van der Waals surface area contributed by atoms with E-state index < -0.39 is 0 Å². The highest BCUT2D eigenvalue weighted by molar-refractivity contribution is 7.25. The van der Waals surface area contributed by atoms with E-state index in [1.165, 1.54) is 64.2 Å². The van der Waals surface area contributed by atoms with Crippen LogP contribution in [0.1, 0.15) is 29.5 Å². The Kier molecular flexibility index (Phi) is 8.23. The van der Waals surface area contributed by atoms with Crippen molar-refractivity contribution in [1.29, 1.82) is 0 Å². The van der Waals surface area contributed by atoms with Crippen LogP contribution in [0.2, 0.25) is 0 Å². The summed E-state index contributed by atoms with van der Waals surface area (Å²) in [6, 6.07) is 58.4. The second kappa shape index (κ2) is 13.9. The van der Waals surface area contributed by atoms with E-state index in [1.807, 2.05) is 18.2 Å². The summed E-state index contributed by atoms with van der Waals surface area (Å²) in [7, 11) is 0. The average Bonchev–Trinajstić information content (AvgIpc) is 3.83. The van der Waals surface area contributed by atoms with Crippen LogP contribution in [0, 0.1) is 12.8 Å². The number of benzene rings is 7. The van der Waals surface area contributed by atoms with Crippen LogP contribution in [0.5, 0.6) is 0 Å². The van der Waals surface area contributed by atoms with E-state index in [-0.39, 0.29) is 5.92 Å². The first-order valence-corrected chi connectivity index (χ1v) is 20.7. The number of para-hydroxylation sites is 1. The molecule has 0 fully saturated rings. The lowest BCUT2D eigenvalue weighted by molar-refractivity contribution is 0.653. The molecule has 3 aromatic heterocycles. The predicted molar refractivity (Wildman–Crippen MR) is 244 cm³/mol. The first-order valence-electron chi connectivity index (χ1n) is 19.9. The molecular formula is C53H38N4S. The molecule has 11 rings (SSSR count). The zero-order valence-corrected chi connectivity index (χ0v) is 33.0. The fourth-order valence-corrected chi connectivity index (χ4v) is 10.1. The van der Waals surface area contributed by atoms with E-state index in [2.05, 4.69) is 182 Å². The Morgan fingerprint density at radius 2 is 1.19 bits per heavy atom. The van der Waals surface area contributed by atoms with Crippen LogP contribution in [-0.4, -0.2) is 19.5 Å². The van der Waals surface area contributed by atoms with Crippen molar-refractivity contribution < 1.29 is 0 Å². The molecule has 276 valence electrons. The van der Waals surface area contributed by atoms with Crippen LogP contribution in [0.3, 0.4) is 0 Å². The van der Waals surface area contributed by atoms with Gasteiger partial charge in [0.2, 0.25) is 0 Å². The van der Waals surface area contributed by atoms with E-state index in [1.54, 1.807) is 11.3 Å². The predicted octanol–water partition coefficient (Wildman–Crippen LogP) is 14.0. The molecule has 10 aromatic rings. The normalized spacial score (nSPS) is 15.4. The molecule has 1 aliphatic carbocycles. The lowest BCUT2D eigenvalue weighted by Crippen LogP contribution is -2.13. The van der Waals surface area contributed by atoms with E-state index in [9.17, 15) is 0 Å². The van der Waals surface area contributed by atoms with Gasteiger partial charge in [-0.1, -0.05) is 134 Å². The van der Waals surface area contributed by atoms with Crippen molar-refractivity contribution in [3.8, 4) is 39.9 Å². The Labute approximate surface area is 341 Å². The number of aromatic nitrogens is 4. The zero-order chi connectivity index (χ0) is 38.7. The number of fused-ring (bicyclic) bond motifs is 6. The summed E-state index contributed by atoms with van der Waals surface area (Å²) in [6.07, 6.45) is 6.90. The number of rotatable bonds is 6.